The Balaban J connectivity index is 1.27. The van der Waals surface area contributed by atoms with E-state index in [1.807, 2.05) is 48.5 Å². The highest BCUT2D eigenvalue weighted by atomic mass is 35.5. The summed E-state index contributed by atoms with van der Waals surface area (Å²) >= 11 is 7.06. The lowest BCUT2D eigenvalue weighted by molar-refractivity contribution is -0.137. The van der Waals surface area contributed by atoms with E-state index in [-0.39, 0.29) is 29.7 Å². The van der Waals surface area contributed by atoms with Crippen molar-refractivity contribution >= 4 is 29.6 Å². The molecular formula is C35H33ClF3N5O4. The van der Waals surface area contributed by atoms with Crippen molar-refractivity contribution in [2.45, 2.75) is 50.5 Å². The van der Waals surface area contributed by atoms with Gasteiger partial charge in [0.15, 0.2) is 6.29 Å². The minimum absolute atomic E-state index is 0.0709. The number of hydrogen-bond donors (Lipinski definition) is 3. The number of nitrogens with zero attached hydrogens (tertiary/aromatic N) is 2. The van der Waals surface area contributed by atoms with Crippen molar-refractivity contribution in [1.29, 1.82) is 0 Å². The summed E-state index contributed by atoms with van der Waals surface area (Å²) in [5, 5.41) is 9.75. The van der Waals surface area contributed by atoms with E-state index in [1.165, 1.54) is 7.11 Å². The first-order chi connectivity index (χ1) is 23.1. The van der Waals surface area contributed by atoms with Crippen LogP contribution in [0, 0.1) is 0 Å². The van der Waals surface area contributed by atoms with Gasteiger partial charge in [-0.3, -0.25) is 9.59 Å². The van der Waals surface area contributed by atoms with Crippen LogP contribution in [0.15, 0.2) is 54.6 Å². The smallest absolute Gasteiger partial charge is 0.419 e. The first-order valence-corrected chi connectivity index (χ1v) is 15.8. The van der Waals surface area contributed by atoms with Crippen LogP contribution in [0.4, 0.5) is 19.0 Å². The lowest BCUT2D eigenvalue weighted by Crippen LogP contribution is -2.35. The molecule has 2 aromatic carbocycles. The molecule has 6 rings (SSSR count). The van der Waals surface area contributed by atoms with Gasteiger partial charge in [0.2, 0.25) is 17.7 Å². The molecule has 1 amide bonds. The van der Waals surface area contributed by atoms with Gasteiger partial charge in [-0.1, -0.05) is 54.1 Å². The molecular weight excluding hydrogens is 647 g/mol. The SMILES string of the molecule is COc1nc(N[C@H]2CCc3c(-c4cccc(-c5ccc(CNC[C@@H]6CCC(=O)N6)c(OC)n5)c4Cl)cccc32)c(C(F)(F)F)cc1C=O. The Morgan fingerprint density at radius 2 is 1.73 bits per heavy atom. The Labute approximate surface area is 280 Å². The molecule has 2 aromatic heterocycles. The van der Waals surface area contributed by atoms with Gasteiger partial charge in [0.1, 0.15) is 5.82 Å². The lowest BCUT2D eigenvalue weighted by atomic mass is 9.94. The number of methoxy groups -OCH3 is 2. The Morgan fingerprint density at radius 3 is 2.44 bits per heavy atom. The van der Waals surface area contributed by atoms with Gasteiger partial charge in [0.05, 0.1) is 42.1 Å². The van der Waals surface area contributed by atoms with E-state index < -0.39 is 23.6 Å². The molecule has 0 spiro atoms. The molecule has 2 atom stereocenters. The van der Waals surface area contributed by atoms with Gasteiger partial charge in [0.25, 0.3) is 0 Å². The fourth-order valence-corrected chi connectivity index (χ4v) is 6.71. The first kappa shape index (κ1) is 33.2. The fourth-order valence-electron chi connectivity index (χ4n) is 6.39. The number of aldehydes is 1. The predicted molar refractivity (Wildman–Crippen MR) is 175 cm³/mol. The quantitative estimate of drug-likeness (QED) is 0.149. The summed E-state index contributed by atoms with van der Waals surface area (Å²) in [5.41, 5.74) is 4.28. The van der Waals surface area contributed by atoms with Gasteiger partial charge >= 0.3 is 6.18 Å². The number of carbonyl (C=O) groups is 2. The average molecular weight is 680 g/mol. The number of ether oxygens (including phenoxy) is 2. The largest absolute Gasteiger partial charge is 0.481 e. The number of anilines is 1. The molecule has 0 radical (unpaired) electrons. The van der Waals surface area contributed by atoms with Crippen LogP contribution < -0.4 is 25.4 Å². The molecule has 3 N–H and O–H groups in total. The van der Waals surface area contributed by atoms with E-state index in [0.717, 1.165) is 40.3 Å². The van der Waals surface area contributed by atoms with Crippen LogP contribution in [0.1, 0.15) is 57.9 Å². The topological polar surface area (TPSA) is 114 Å². The van der Waals surface area contributed by atoms with E-state index in [0.29, 0.717) is 54.5 Å². The third-order valence-corrected chi connectivity index (χ3v) is 9.12. The summed E-state index contributed by atoms with van der Waals surface area (Å²) in [6, 6.07) is 15.6. The van der Waals surface area contributed by atoms with E-state index >= 15 is 0 Å². The highest BCUT2D eigenvalue weighted by Crippen LogP contribution is 2.45. The zero-order valence-electron chi connectivity index (χ0n) is 26.2. The molecule has 250 valence electrons. The second kappa shape index (κ2) is 13.8. The highest BCUT2D eigenvalue weighted by molar-refractivity contribution is 6.36. The molecule has 13 heteroatoms. The van der Waals surface area contributed by atoms with Crippen LogP contribution in [0.5, 0.6) is 11.8 Å². The van der Waals surface area contributed by atoms with Crippen molar-refractivity contribution < 1.29 is 32.2 Å². The minimum Gasteiger partial charge on any atom is -0.481 e. The lowest BCUT2D eigenvalue weighted by Gasteiger charge is -2.20. The number of rotatable bonds is 11. The van der Waals surface area contributed by atoms with Crippen molar-refractivity contribution in [1.82, 2.24) is 20.6 Å². The maximum absolute atomic E-state index is 14.0. The normalized spacial score (nSPS) is 17.2. The van der Waals surface area contributed by atoms with Crippen molar-refractivity contribution in [3.05, 3.63) is 87.4 Å². The molecule has 48 heavy (non-hydrogen) atoms. The standard InChI is InChI=1S/C35H33ClF3N5O4/c1-47-33-19(16-40-17-21-10-14-30(46)41-21)9-12-29(43-33)26-8-4-7-25(31(26)36)22-5-3-6-24-23(22)11-13-28(24)42-32-27(35(37,38)39)15-20(18-45)34(44-32)48-2/h3-9,12,15,18,21,28,40H,10-11,13-14,16-17H2,1-2H3,(H,41,46)(H,42,44)/t21-,28-/m0/s1. The summed E-state index contributed by atoms with van der Waals surface area (Å²) in [6.07, 6.45) is -2.00. The number of carbonyl (C=O) groups excluding carboxylic acids is 2. The van der Waals surface area contributed by atoms with Gasteiger partial charge in [-0.05, 0) is 48.1 Å². The monoisotopic (exact) mass is 679 g/mol. The van der Waals surface area contributed by atoms with Gasteiger partial charge in [0, 0.05) is 42.2 Å². The average Bonchev–Trinajstić information content (AvgIpc) is 3.69. The van der Waals surface area contributed by atoms with Crippen LogP contribution in [0.2, 0.25) is 5.02 Å². The Bertz CT molecular complexity index is 1870. The molecule has 1 aliphatic carbocycles. The van der Waals surface area contributed by atoms with Crippen LogP contribution in [0.3, 0.4) is 0 Å². The number of fused-ring (bicyclic) bond motifs is 1. The molecule has 2 aliphatic rings. The second-order valence-corrected chi connectivity index (χ2v) is 12.1. The Kier molecular flexibility index (Phi) is 9.56. The third-order valence-electron chi connectivity index (χ3n) is 8.71. The van der Waals surface area contributed by atoms with Crippen LogP contribution in [-0.4, -0.2) is 49.0 Å². The molecule has 3 heterocycles. The number of alkyl halides is 3. The van der Waals surface area contributed by atoms with Crippen molar-refractivity contribution in [2.24, 2.45) is 0 Å². The zero-order chi connectivity index (χ0) is 34.0. The summed E-state index contributed by atoms with van der Waals surface area (Å²) in [6.45, 7) is 1.15. The first-order valence-electron chi connectivity index (χ1n) is 15.4. The second-order valence-electron chi connectivity index (χ2n) is 11.7. The number of pyridine rings is 2. The summed E-state index contributed by atoms with van der Waals surface area (Å²) < 4.78 is 52.7. The Morgan fingerprint density at radius 1 is 0.979 bits per heavy atom. The van der Waals surface area contributed by atoms with Gasteiger partial charge < -0.3 is 25.4 Å². The molecule has 0 saturated carbocycles. The van der Waals surface area contributed by atoms with Gasteiger partial charge in [-0.2, -0.15) is 18.2 Å². The maximum Gasteiger partial charge on any atom is 0.419 e. The van der Waals surface area contributed by atoms with Crippen LogP contribution >= 0.6 is 11.6 Å². The summed E-state index contributed by atoms with van der Waals surface area (Å²) in [7, 11) is 2.81. The van der Waals surface area contributed by atoms with E-state index in [2.05, 4.69) is 20.9 Å². The van der Waals surface area contributed by atoms with E-state index in [1.54, 1.807) is 7.11 Å². The molecule has 0 unspecified atom stereocenters. The van der Waals surface area contributed by atoms with E-state index in [4.69, 9.17) is 26.1 Å². The van der Waals surface area contributed by atoms with Crippen molar-refractivity contribution in [2.75, 3.05) is 26.1 Å². The summed E-state index contributed by atoms with van der Waals surface area (Å²) in [5.74, 6) is -0.0699. The molecule has 1 fully saturated rings. The number of halogens is 4. The third kappa shape index (κ3) is 6.67. The van der Waals surface area contributed by atoms with E-state index in [9.17, 15) is 22.8 Å². The molecule has 4 aromatic rings. The van der Waals surface area contributed by atoms with Crippen LogP contribution in [-0.2, 0) is 23.9 Å². The molecule has 1 aliphatic heterocycles. The van der Waals surface area contributed by atoms with Crippen LogP contribution in [0.25, 0.3) is 22.4 Å². The molecule has 9 nitrogen and oxygen atoms in total. The highest BCUT2D eigenvalue weighted by Gasteiger charge is 2.37. The number of amides is 1. The zero-order valence-corrected chi connectivity index (χ0v) is 27.0. The fraction of sp³-hybridized carbons (Fsp3) is 0.314. The minimum atomic E-state index is -4.74. The van der Waals surface area contributed by atoms with Gasteiger partial charge in [-0.15, -0.1) is 0 Å². The molecule has 1 saturated heterocycles. The predicted octanol–water partition coefficient (Wildman–Crippen LogP) is 6.78. The number of aromatic nitrogens is 2. The van der Waals surface area contributed by atoms with Crippen molar-refractivity contribution in [3.63, 3.8) is 0 Å². The van der Waals surface area contributed by atoms with Crippen molar-refractivity contribution in [3.8, 4) is 34.1 Å². The molecule has 0 bridgehead atoms. The Hall–Kier alpha value is -4.68. The maximum atomic E-state index is 14.0. The number of nitrogens with one attached hydrogen (secondary N) is 3. The number of benzene rings is 2. The summed E-state index contributed by atoms with van der Waals surface area (Å²) in [4.78, 5) is 31.6. The number of hydrogen-bond acceptors (Lipinski definition) is 8. The van der Waals surface area contributed by atoms with Gasteiger partial charge in [-0.25, -0.2) is 4.98 Å².